The number of ether oxygens (including phenoxy) is 1. The zero-order valence-corrected chi connectivity index (χ0v) is 19.3. The second kappa shape index (κ2) is 8.63. The van der Waals surface area contributed by atoms with Gasteiger partial charge in [-0.1, -0.05) is 0 Å². The summed E-state index contributed by atoms with van der Waals surface area (Å²) in [6, 6.07) is 6.56. The van der Waals surface area contributed by atoms with Crippen LogP contribution in [0.1, 0.15) is 55.4 Å². The maximum atomic E-state index is 14.6. The molecule has 2 amide bonds. The first kappa shape index (κ1) is 24.1. The van der Waals surface area contributed by atoms with Crippen LogP contribution in [-0.2, 0) is 23.1 Å². The number of nitrogens with zero attached hydrogens (tertiary/aromatic N) is 3. The number of carbonyl (C=O) groups is 2. The highest BCUT2D eigenvalue weighted by molar-refractivity contribution is 5.94. The Morgan fingerprint density at radius 2 is 1.71 bits per heavy atom. The Bertz CT molecular complexity index is 1100. The van der Waals surface area contributed by atoms with Crippen LogP contribution in [0.15, 0.2) is 30.3 Å². The van der Waals surface area contributed by atoms with Gasteiger partial charge in [0, 0.05) is 44.9 Å². The first-order valence-corrected chi connectivity index (χ1v) is 11.2. The molecular weight excluding hydrogens is 454 g/mol. The van der Waals surface area contributed by atoms with Crippen LogP contribution >= 0.6 is 0 Å². The number of carbonyl (C=O) groups excluding carboxylic acids is 2. The van der Waals surface area contributed by atoms with Crippen LogP contribution in [-0.4, -0.2) is 51.9 Å². The lowest BCUT2D eigenvalue weighted by atomic mass is 9.80. The topological polar surface area (TPSA) is 54.8 Å². The molecule has 1 saturated heterocycles. The number of benzene rings is 1. The summed E-state index contributed by atoms with van der Waals surface area (Å²) in [6.07, 6.45) is -4.13. The Hall–Kier alpha value is -3.04. The number of alkyl halides is 3. The molecule has 4 rings (SSSR count). The van der Waals surface area contributed by atoms with Crippen molar-refractivity contribution in [1.82, 2.24) is 14.4 Å². The fourth-order valence-corrected chi connectivity index (χ4v) is 5.16. The summed E-state index contributed by atoms with van der Waals surface area (Å²) in [5, 5.41) is 0. The predicted molar refractivity (Wildman–Crippen MR) is 116 cm³/mol. The van der Waals surface area contributed by atoms with Crippen molar-refractivity contribution < 1.29 is 31.9 Å². The van der Waals surface area contributed by atoms with Gasteiger partial charge in [0.1, 0.15) is 17.3 Å². The average Bonchev–Trinajstić information content (AvgIpc) is 3.19. The number of piperidine rings is 1. The summed E-state index contributed by atoms with van der Waals surface area (Å²) >= 11 is 0. The van der Waals surface area contributed by atoms with Crippen molar-refractivity contribution in [2.75, 3.05) is 19.6 Å². The summed E-state index contributed by atoms with van der Waals surface area (Å²) in [6.45, 7) is 5.59. The Kier molecular flexibility index (Phi) is 6.12. The average molecular weight is 481 g/mol. The number of amides is 2. The van der Waals surface area contributed by atoms with E-state index in [1.807, 2.05) is 13.8 Å². The van der Waals surface area contributed by atoms with Gasteiger partial charge < -0.3 is 19.1 Å². The molecule has 2 aromatic rings. The monoisotopic (exact) mass is 481 g/mol. The van der Waals surface area contributed by atoms with Crippen molar-refractivity contribution in [3.63, 3.8) is 0 Å². The first-order valence-electron chi connectivity index (χ1n) is 11.2. The van der Waals surface area contributed by atoms with E-state index in [4.69, 9.17) is 4.74 Å². The van der Waals surface area contributed by atoms with Gasteiger partial charge in [-0.2, -0.15) is 13.2 Å². The second-order valence-corrected chi connectivity index (χ2v) is 9.06. The summed E-state index contributed by atoms with van der Waals surface area (Å²) in [5.74, 6) is -1.11. The van der Waals surface area contributed by atoms with Crippen LogP contribution in [0.25, 0.3) is 0 Å². The number of rotatable bonds is 3. The second-order valence-electron chi connectivity index (χ2n) is 9.06. The molecule has 10 heteroatoms. The van der Waals surface area contributed by atoms with E-state index in [0.29, 0.717) is 11.4 Å². The zero-order valence-electron chi connectivity index (χ0n) is 19.3. The van der Waals surface area contributed by atoms with Gasteiger partial charge in [0.25, 0.3) is 5.91 Å². The van der Waals surface area contributed by atoms with Gasteiger partial charge in [0.15, 0.2) is 0 Å². The highest BCUT2D eigenvalue weighted by Crippen LogP contribution is 2.44. The van der Waals surface area contributed by atoms with Crippen molar-refractivity contribution in [2.45, 2.75) is 58.0 Å². The lowest BCUT2D eigenvalue weighted by Gasteiger charge is -2.51. The Morgan fingerprint density at radius 1 is 1.03 bits per heavy atom. The summed E-state index contributed by atoms with van der Waals surface area (Å²) < 4.78 is 61.9. The molecule has 1 fully saturated rings. The number of hydrogen-bond donors (Lipinski definition) is 0. The number of halogens is 4. The van der Waals surface area contributed by atoms with Crippen molar-refractivity contribution in [1.29, 1.82) is 0 Å². The van der Waals surface area contributed by atoms with Gasteiger partial charge in [-0.3, -0.25) is 9.59 Å². The normalized spacial score (nSPS) is 17.8. The maximum Gasteiger partial charge on any atom is 0.431 e. The van der Waals surface area contributed by atoms with Crippen LogP contribution in [0.5, 0.6) is 5.75 Å². The first-order chi connectivity index (χ1) is 15.9. The minimum absolute atomic E-state index is 0.0527. The molecule has 1 aromatic carbocycles. The summed E-state index contributed by atoms with van der Waals surface area (Å²) in [5.41, 5.74) is -1.36. The van der Waals surface area contributed by atoms with E-state index in [1.54, 1.807) is 4.90 Å². The fourth-order valence-electron chi connectivity index (χ4n) is 5.16. The summed E-state index contributed by atoms with van der Waals surface area (Å²) in [7, 11) is 0. The van der Waals surface area contributed by atoms with E-state index >= 15 is 0 Å². The zero-order chi connectivity index (χ0) is 24.8. The lowest BCUT2D eigenvalue weighted by molar-refractivity contribution is -0.147. The molecule has 6 nitrogen and oxygen atoms in total. The standard InChI is InChI=1S/C24H27F4N3O3/c1-15(2)34-17-4-5-18(19(25)14-17)22(33)29-10-8-23(9-11-29)20-6-7-21(24(26,27)28)30(20)12-13-31(23)16(3)32/h4-7,14-15H,8-13H2,1-3H3. The molecule has 1 aromatic heterocycles. The Morgan fingerprint density at radius 3 is 2.26 bits per heavy atom. The third kappa shape index (κ3) is 4.14. The number of aromatic nitrogens is 1. The van der Waals surface area contributed by atoms with E-state index in [9.17, 15) is 27.2 Å². The highest BCUT2D eigenvalue weighted by atomic mass is 19.4. The highest BCUT2D eigenvalue weighted by Gasteiger charge is 2.49. The molecule has 0 unspecified atom stereocenters. The molecule has 3 heterocycles. The SMILES string of the molecule is CC(=O)N1CCn2c(C(F)(F)F)ccc2C12CCN(C(=O)c1ccc(OC(C)C)cc1F)CC2. The van der Waals surface area contributed by atoms with Gasteiger partial charge >= 0.3 is 6.18 Å². The molecule has 0 bridgehead atoms. The third-order valence-electron chi connectivity index (χ3n) is 6.61. The fraction of sp³-hybridized carbons (Fsp3) is 0.500. The van der Waals surface area contributed by atoms with E-state index in [1.165, 1.54) is 40.7 Å². The largest absolute Gasteiger partial charge is 0.491 e. The molecular formula is C24H27F4N3O3. The van der Waals surface area contributed by atoms with Crippen molar-refractivity contribution >= 4 is 11.8 Å². The molecule has 34 heavy (non-hydrogen) atoms. The van der Waals surface area contributed by atoms with E-state index in [0.717, 1.165) is 6.07 Å². The number of fused-ring (bicyclic) bond motifs is 2. The van der Waals surface area contributed by atoms with Gasteiger partial charge in [-0.05, 0) is 51.0 Å². The van der Waals surface area contributed by atoms with Crippen LogP contribution in [0, 0.1) is 5.82 Å². The van der Waals surface area contributed by atoms with Crippen molar-refractivity contribution in [2.24, 2.45) is 0 Å². The summed E-state index contributed by atoms with van der Waals surface area (Å²) in [4.78, 5) is 28.6. The molecule has 0 aliphatic carbocycles. The number of likely N-dealkylation sites (tertiary alicyclic amines) is 1. The Labute approximate surface area is 195 Å². The lowest BCUT2D eigenvalue weighted by Crippen LogP contribution is -2.59. The molecule has 2 aliphatic heterocycles. The van der Waals surface area contributed by atoms with Gasteiger partial charge in [-0.25, -0.2) is 4.39 Å². The predicted octanol–water partition coefficient (Wildman–Crippen LogP) is 4.43. The van der Waals surface area contributed by atoms with Crippen LogP contribution in [0.3, 0.4) is 0 Å². The molecule has 2 aliphatic rings. The molecule has 0 radical (unpaired) electrons. The molecule has 0 atom stereocenters. The smallest absolute Gasteiger partial charge is 0.431 e. The molecule has 0 N–H and O–H groups in total. The minimum Gasteiger partial charge on any atom is -0.491 e. The minimum atomic E-state index is -4.50. The van der Waals surface area contributed by atoms with E-state index < -0.39 is 29.1 Å². The van der Waals surface area contributed by atoms with Gasteiger partial charge in [0.05, 0.1) is 17.2 Å². The van der Waals surface area contributed by atoms with E-state index in [-0.39, 0.29) is 56.6 Å². The molecule has 1 spiro atoms. The van der Waals surface area contributed by atoms with Gasteiger partial charge in [-0.15, -0.1) is 0 Å². The van der Waals surface area contributed by atoms with Crippen molar-refractivity contribution in [3.05, 3.63) is 53.1 Å². The van der Waals surface area contributed by atoms with E-state index in [2.05, 4.69) is 0 Å². The van der Waals surface area contributed by atoms with Crippen molar-refractivity contribution in [3.8, 4) is 5.75 Å². The molecule has 184 valence electrons. The number of hydrogen-bond acceptors (Lipinski definition) is 3. The third-order valence-corrected chi connectivity index (χ3v) is 6.61. The molecule has 0 saturated carbocycles. The Balaban J connectivity index is 1.59. The quantitative estimate of drug-likeness (QED) is 0.610. The van der Waals surface area contributed by atoms with Gasteiger partial charge in [0.2, 0.25) is 5.91 Å². The van der Waals surface area contributed by atoms with Crippen LogP contribution < -0.4 is 4.74 Å². The van der Waals surface area contributed by atoms with Crippen LogP contribution in [0.2, 0.25) is 0 Å². The van der Waals surface area contributed by atoms with Crippen LogP contribution in [0.4, 0.5) is 17.6 Å². The maximum absolute atomic E-state index is 14.6.